The third-order valence-corrected chi connectivity index (χ3v) is 5.47. The van der Waals surface area contributed by atoms with Crippen molar-refractivity contribution in [2.75, 3.05) is 18.5 Å². The second kappa shape index (κ2) is 11.5. The first-order valence-electron chi connectivity index (χ1n) is 10.9. The van der Waals surface area contributed by atoms with E-state index < -0.39 is 11.7 Å². The first-order valence-corrected chi connectivity index (χ1v) is 11.3. The number of amides is 1. The van der Waals surface area contributed by atoms with E-state index in [0.29, 0.717) is 59.8 Å². The highest BCUT2D eigenvalue weighted by atomic mass is 35.5. The second-order valence-electron chi connectivity index (χ2n) is 7.68. The Morgan fingerprint density at radius 1 is 1.00 bits per heavy atom. The molecule has 4 rings (SSSR count). The third kappa shape index (κ3) is 6.09. The summed E-state index contributed by atoms with van der Waals surface area (Å²) in [5.41, 5.74) is 2.94. The van der Waals surface area contributed by atoms with Crippen LogP contribution in [0, 0.1) is 5.82 Å². The monoisotopic (exact) mass is 512 g/mol. The summed E-state index contributed by atoms with van der Waals surface area (Å²) >= 11 is 5.86. The van der Waals surface area contributed by atoms with Crippen molar-refractivity contribution < 1.29 is 29.0 Å². The number of anilines is 2. The van der Waals surface area contributed by atoms with Crippen molar-refractivity contribution in [3.05, 3.63) is 77.3 Å². The fraction of sp³-hybridized carbons (Fsp3) is 0.160. The van der Waals surface area contributed by atoms with E-state index in [4.69, 9.17) is 26.3 Å². The van der Waals surface area contributed by atoms with Crippen LogP contribution in [0.3, 0.4) is 0 Å². The number of carbonyl (C=O) groups is 1. The Balaban J connectivity index is 1.33. The molecule has 0 fully saturated rings. The average Bonchev–Trinajstić information content (AvgIpc) is 2.88. The molecular weight excluding hydrogens is 491 g/mol. The molecule has 1 aromatic heterocycles. The lowest BCUT2D eigenvalue weighted by Crippen LogP contribution is -2.18. The zero-order valence-electron chi connectivity index (χ0n) is 18.9. The van der Waals surface area contributed by atoms with Gasteiger partial charge in [-0.1, -0.05) is 11.6 Å². The van der Waals surface area contributed by atoms with E-state index in [-0.39, 0.29) is 16.5 Å². The lowest BCUT2D eigenvalue weighted by molar-refractivity contribution is 0.0706. The second-order valence-corrected chi connectivity index (χ2v) is 8.09. The van der Waals surface area contributed by atoms with Crippen molar-refractivity contribution in [2.45, 2.75) is 12.8 Å². The highest BCUT2D eigenvalue weighted by Crippen LogP contribution is 2.34. The molecule has 0 unspecified atom stereocenters. The molecule has 0 aliphatic heterocycles. The minimum atomic E-state index is -0.593. The zero-order chi connectivity index (χ0) is 25.5. The predicted molar refractivity (Wildman–Crippen MR) is 132 cm³/mol. The Kier molecular flexibility index (Phi) is 7.99. The molecule has 186 valence electrons. The molecule has 0 saturated heterocycles. The van der Waals surface area contributed by atoms with E-state index in [1.165, 1.54) is 30.6 Å². The number of nitrogens with one attached hydrogen (secondary N) is 2. The van der Waals surface area contributed by atoms with Gasteiger partial charge in [-0.3, -0.25) is 10.0 Å². The van der Waals surface area contributed by atoms with Gasteiger partial charge in [0.05, 0.1) is 23.8 Å². The zero-order valence-corrected chi connectivity index (χ0v) is 19.6. The van der Waals surface area contributed by atoms with Gasteiger partial charge in [-0.05, 0) is 61.4 Å². The van der Waals surface area contributed by atoms with Gasteiger partial charge >= 0.3 is 0 Å². The van der Waals surface area contributed by atoms with Crippen LogP contribution < -0.4 is 20.3 Å². The van der Waals surface area contributed by atoms with Gasteiger partial charge in [-0.2, -0.15) is 0 Å². The van der Waals surface area contributed by atoms with Crippen molar-refractivity contribution in [2.24, 2.45) is 0 Å². The maximum absolute atomic E-state index is 13.5. The summed E-state index contributed by atoms with van der Waals surface area (Å²) in [5.74, 6) is 0.149. The number of aromatic hydroxyl groups is 1. The number of rotatable bonds is 10. The molecule has 4 aromatic rings. The van der Waals surface area contributed by atoms with Crippen LogP contribution >= 0.6 is 11.6 Å². The van der Waals surface area contributed by atoms with Crippen molar-refractivity contribution in [1.82, 2.24) is 15.4 Å². The SMILES string of the molecule is O=C(NO)c1ccc(OCCCCOc2cc3c(Nc4ccc(F)c(Cl)c4)ncnc3cc2O)cc1. The molecule has 0 aliphatic rings. The summed E-state index contributed by atoms with van der Waals surface area (Å²) < 4.78 is 24.9. The largest absolute Gasteiger partial charge is 0.504 e. The van der Waals surface area contributed by atoms with E-state index in [1.807, 2.05) is 0 Å². The molecule has 4 N–H and O–H groups in total. The first kappa shape index (κ1) is 25.0. The fourth-order valence-electron chi connectivity index (χ4n) is 3.34. The number of phenols is 1. The van der Waals surface area contributed by atoms with Gasteiger partial charge in [0.25, 0.3) is 5.91 Å². The van der Waals surface area contributed by atoms with Gasteiger partial charge in [0.1, 0.15) is 23.7 Å². The van der Waals surface area contributed by atoms with E-state index in [2.05, 4.69) is 15.3 Å². The van der Waals surface area contributed by atoms with Crippen molar-refractivity contribution in [3.63, 3.8) is 0 Å². The number of hydrogen-bond donors (Lipinski definition) is 4. The summed E-state index contributed by atoms with van der Waals surface area (Å²) in [5, 5.41) is 22.7. The molecule has 0 bridgehead atoms. The highest BCUT2D eigenvalue weighted by molar-refractivity contribution is 6.31. The van der Waals surface area contributed by atoms with Crippen molar-refractivity contribution in [3.8, 4) is 17.2 Å². The molecule has 3 aromatic carbocycles. The van der Waals surface area contributed by atoms with Crippen LogP contribution in [0.4, 0.5) is 15.9 Å². The third-order valence-electron chi connectivity index (χ3n) is 5.18. The number of hydrogen-bond acceptors (Lipinski definition) is 8. The smallest absolute Gasteiger partial charge is 0.274 e. The van der Waals surface area contributed by atoms with Crippen LogP contribution in [0.1, 0.15) is 23.2 Å². The number of unbranched alkanes of at least 4 members (excludes halogenated alkanes) is 1. The maximum atomic E-state index is 13.5. The fourth-order valence-corrected chi connectivity index (χ4v) is 3.52. The lowest BCUT2D eigenvalue weighted by atomic mass is 10.2. The molecule has 11 heteroatoms. The molecule has 0 atom stereocenters. The van der Waals surface area contributed by atoms with Gasteiger partial charge in [0, 0.05) is 22.7 Å². The molecule has 0 saturated carbocycles. The maximum Gasteiger partial charge on any atom is 0.274 e. The van der Waals surface area contributed by atoms with E-state index >= 15 is 0 Å². The molecule has 0 aliphatic carbocycles. The number of aromatic nitrogens is 2. The van der Waals surface area contributed by atoms with Gasteiger partial charge in [0.2, 0.25) is 0 Å². The number of nitrogens with zero attached hydrogens (tertiary/aromatic N) is 2. The minimum absolute atomic E-state index is 0.0184. The normalized spacial score (nSPS) is 10.8. The summed E-state index contributed by atoms with van der Waals surface area (Å²) in [6.45, 7) is 0.767. The van der Waals surface area contributed by atoms with Crippen LogP contribution in [0.15, 0.2) is 60.9 Å². The number of benzene rings is 3. The molecule has 1 heterocycles. The summed E-state index contributed by atoms with van der Waals surface area (Å²) in [4.78, 5) is 19.8. The quantitative estimate of drug-likeness (QED) is 0.129. The van der Waals surface area contributed by atoms with E-state index in [1.54, 1.807) is 35.8 Å². The topological polar surface area (TPSA) is 126 Å². The van der Waals surface area contributed by atoms with Gasteiger partial charge in [-0.25, -0.2) is 19.8 Å². The number of carbonyl (C=O) groups excluding carboxylic acids is 1. The molecule has 0 spiro atoms. The van der Waals surface area contributed by atoms with Gasteiger partial charge < -0.3 is 19.9 Å². The lowest BCUT2D eigenvalue weighted by Gasteiger charge is -2.12. The molecular formula is C25H22ClFN4O5. The Bertz CT molecular complexity index is 1370. The number of phenolic OH excluding ortho intramolecular Hbond substituents is 1. The molecule has 1 amide bonds. The number of fused-ring (bicyclic) bond motifs is 1. The Morgan fingerprint density at radius 3 is 2.47 bits per heavy atom. The molecule has 36 heavy (non-hydrogen) atoms. The predicted octanol–water partition coefficient (Wildman–Crippen LogP) is 5.23. The standard InChI is InChI=1S/C25H22ClFN4O5/c26-19-11-16(5-8-20(19)27)30-24-18-12-23(22(32)13-21(18)28-14-29-24)36-10-2-1-9-35-17-6-3-15(4-7-17)25(33)31-34/h3-8,11-14,32,34H,1-2,9-10H2,(H,31,33)(H,28,29,30). The van der Waals surface area contributed by atoms with Crippen LogP contribution in [0.25, 0.3) is 10.9 Å². The molecule has 0 radical (unpaired) electrons. The first-order chi connectivity index (χ1) is 17.4. The number of ether oxygens (including phenoxy) is 2. The summed E-state index contributed by atoms with van der Waals surface area (Å²) in [7, 11) is 0. The van der Waals surface area contributed by atoms with Crippen LogP contribution in [-0.2, 0) is 0 Å². The van der Waals surface area contributed by atoms with Crippen LogP contribution in [0.5, 0.6) is 17.2 Å². The Morgan fingerprint density at radius 2 is 1.75 bits per heavy atom. The number of halogens is 2. The molecule has 9 nitrogen and oxygen atoms in total. The van der Waals surface area contributed by atoms with Crippen LogP contribution in [0.2, 0.25) is 5.02 Å². The Hall–Kier alpha value is -4.15. The van der Waals surface area contributed by atoms with Crippen molar-refractivity contribution in [1.29, 1.82) is 0 Å². The highest BCUT2D eigenvalue weighted by Gasteiger charge is 2.12. The average molecular weight is 513 g/mol. The Labute approximate surface area is 210 Å². The summed E-state index contributed by atoms with van der Waals surface area (Å²) in [6.07, 6.45) is 2.70. The van der Waals surface area contributed by atoms with E-state index in [0.717, 1.165) is 0 Å². The van der Waals surface area contributed by atoms with Crippen molar-refractivity contribution >= 4 is 39.9 Å². The van der Waals surface area contributed by atoms with Crippen LogP contribution in [-0.4, -0.2) is 39.4 Å². The van der Waals surface area contributed by atoms with Gasteiger partial charge in [-0.15, -0.1) is 0 Å². The van der Waals surface area contributed by atoms with E-state index in [9.17, 15) is 14.3 Å². The van der Waals surface area contributed by atoms with Gasteiger partial charge in [0.15, 0.2) is 11.5 Å². The number of hydroxylamine groups is 1. The summed E-state index contributed by atoms with van der Waals surface area (Å²) in [6, 6.07) is 13.7. The minimum Gasteiger partial charge on any atom is -0.504 e.